The summed E-state index contributed by atoms with van der Waals surface area (Å²) in [5.74, 6) is 2.08. The van der Waals surface area contributed by atoms with Gasteiger partial charge >= 0.3 is 0 Å². The molecule has 0 saturated heterocycles. The van der Waals surface area contributed by atoms with Crippen LogP contribution in [0.1, 0.15) is 159 Å². The number of aryl methyl sites for hydroxylation is 1. The topological polar surface area (TPSA) is 35.9 Å². The van der Waals surface area contributed by atoms with Gasteiger partial charge in [-0.15, -0.1) is 29.1 Å². The summed E-state index contributed by atoms with van der Waals surface area (Å²) in [6, 6.07) is 33.6. The van der Waals surface area contributed by atoms with Crippen molar-refractivity contribution < 1.29 is 34.5 Å². The molecule has 3 heterocycles. The van der Waals surface area contributed by atoms with Crippen LogP contribution >= 0.6 is 0 Å². The van der Waals surface area contributed by atoms with Crippen molar-refractivity contribution in [1.82, 2.24) is 14.1 Å². The summed E-state index contributed by atoms with van der Waals surface area (Å²) in [5.41, 5.74) is 10.8. The normalized spacial score (nSPS) is 20.7. The second kappa shape index (κ2) is 14.5. The molecule has 0 bridgehead atoms. The maximum absolute atomic E-state index is 8.68. The first kappa shape index (κ1) is 40.1. The van der Waals surface area contributed by atoms with Crippen molar-refractivity contribution in [2.75, 3.05) is 0 Å². The van der Waals surface area contributed by atoms with Crippen LogP contribution < -0.4 is 9.30 Å². The van der Waals surface area contributed by atoms with Crippen LogP contribution in [0.5, 0.6) is 11.5 Å². The third-order valence-corrected chi connectivity index (χ3v) is 15.5. The molecule has 3 aromatic heterocycles. The van der Waals surface area contributed by atoms with Crippen LogP contribution in [0.2, 0.25) is 0 Å². The van der Waals surface area contributed by atoms with Gasteiger partial charge in [0.05, 0.1) is 11.1 Å². The predicted molar refractivity (Wildman–Crippen MR) is 253 cm³/mol. The molecule has 6 heteroatoms. The van der Waals surface area contributed by atoms with E-state index in [4.69, 9.17) is 13.8 Å². The Morgan fingerprint density at radius 3 is 2.00 bits per heavy atom. The largest absolute Gasteiger partial charge is 0.510 e. The van der Waals surface area contributed by atoms with E-state index in [1.807, 2.05) is 10.6 Å². The smallest absolute Gasteiger partial charge is 0.241 e. The van der Waals surface area contributed by atoms with Gasteiger partial charge in [-0.25, -0.2) is 4.98 Å². The molecule has 10 rings (SSSR count). The number of pyridine rings is 1. The second-order valence-corrected chi connectivity index (χ2v) is 22.8. The Balaban J connectivity index is 0.00000548. The molecule has 0 aliphatic heterocycles. The van der Waals surface area contributed by atoms with Gasteiger partial charge in [0, 0.05) is 55.7 Å². The van der Waals surface area contributed by atoms with E-state index in [1.165, 1.54) is 26.8 Å². The van der Waals surface area contributed by atoms with Gasteiger partial charge < -0.3 is 18.4 Å². The number of hydrogen-bond donors (Lipinski definition) is 0. The molecular weight excluding hydrogens is 952 g/mol. The molecule has 4 aromatic carbocycles. The molecule has 3 aliphatic rings. The number of nitrogens with zero attached hydrogens (tertiary/aromatic N) is 4. The Kier molecular flexibility index (Phi) is 9.23. The number of aromatic nitrogens is 4. The number of rotatable bonds is 5. The summed E-state index contributed by atoms with van der Waals surface area (Å²) in [6.07, 6.45) is 11.5. The zero-order valence-corrected chi connectivity index (χ0v) is 41.5. The van der Waals surface area contributed by atoms with E-state index in [9.17, 15) is 0 Å². The average molecular weight is 1020 g/mol. The minimum atomic E-state index is -2.40. The molecule has 0 radical (unpaired) electrons. The van der Waals surface area contributed by atoms with Gasteiger partial charge in [0.2, 0.25) is 6.33 Å². The van der Waals surface area contributed by atoms with Crippen molar-refractivity contribution >= 4 is 21.8 Å². The van der Waals surface area contributed by atoms with E-state index in [0.29, 0.717) is 11.5 Å². The van der Waals surface area contributed by atoms with Gasteiger partial charge in [-0.2, -0.15) is 17.7 Å². The first-order valence-corrected chi connectivity index (χ1v) is 22.8. The molecule has 3 aliphatic carbocycles. The van der Waals surface area contributed by atoms with Crippen molar-refractivity contribution in [3.8, 4) is 34.1 Å². The fraction of sp³-hybridized carbons (Fsp3) is 0.439. The summed E-state index contributed by atoms with van der Waals surface area (Å²) in [7, 11) is 0. The minimum absolute atomic E-state index is 0. The summed E-state index contributed by atoms with van der Waals surface area (Å²) < 4.78 is 39.0. The fourth-order valence-electron chi connectivity index (χ4n) is 11.2. The molecule has 5 nitrogen and oxygen atoms in total. The summed E-state index contributed by atoms with van der Waals surface area (Å²) in [4.78, 5) is 5.25. The van der Waals surface area contributed by atoms with Crippen LogP contribution in [0.4, 0.5) is 0 Å². The van der Waals surface area contributed by atoms with Crippen LogP contribution in [0.15, 0.2) is 79.0 Å². The van der Waals surface area contributed by atoms with Crippen molar-refractivity contribution in [2.45, 2.75) is 154 Å². The Labute approximate surface area is 394 Å². The van der Waals surface area contributed by atoms with E-state index in [0.717, 1.165) is 94.4 Å². The Hall–Kier alpha value is -4.47. The standard InChI is InChI=1S/C57H64N4O.Pt/c1-52(2)23-24-54(5,6)44-34-58-48(33-42(44)52)61-45-22-19-37(36-17-15-14-16-18-36)29-41(45)40-21-20-39(32-46(40)61)62-47-31-38(30-43-49(47)55(7,8)26-25-53(43,3)4)60-35-59(13)50-51(60)57(11,12)28-27-56(50,9)10;/h14-22,29-30,33-34H,23-28H2,1-13H3;/q-2;/i13D3;. The first-order chi connectivity index (χ1) is 30.3. The Morgan fingerprint density at radius 2 is 1.29 bits per heavy atom. The van der Waals surface area contributed by atoms with E-state index >= 15 is 0 Å². The summed E-state index contributed by atoms with van der Waals surface area (Å²) in [5, 5.41) is 2.19. The monoisotopic (exact) mass is 1020 g/mol. The molecule has 0 N–H and O–H groups in total. The maximum atomic E-state index is 8.68. The zero-order valence-electron chi connectivity index (χ0n) is 42.3. The molecule has 0 fully saturated rings. The molecule has 0 unspecified atom stereocenters. The fourth-order valence-corrected chi connectivity index (χ4v) is 11.2. The summed E-state index contributed by atoms with van der Waals surface area (Å²) in [6.45, 7) is 25.0. The molecular formula is C57H64N4OPt-2. The minimum Gasteiger partial charge on any atom is -0.510 e. The van der Waals surface area contributed by atoms with Crippen molar-refractivity contribution in [3.05, 3.63) is 131 Å². The van der Waals surface area contributed by atoms with Gasteiger partial charge in [0.15, 0.2) is 0 Å². The van der Waals surface area contributed by atoms with Crippen LogP contribution in [-0.4, -0.2) is 14.1 Å². The quantitative estimate of drug-likeness (QED) is 0.127. The third-order valence-electron chi connectivity index (χ3n) is 15.5. The number of ether oxygens (including phenoxy) is 1. The van der Waals surface area contributed by atoms with Gasteiger partial charge in [-0.1, -0.05) is 149 Å². The van der Waals surface area contributed by atoms with Gasteiger partial charge in [-0.05, 0) is 99.0 Å². The van der Waals surface area contributed by atoms with E-state index < -0.39 is 6.98 Å². The van der Waals surface area contributed by atoms with Crippen molar-refractivity contribution in [3.63, 3.8) is 0 Å². The Morgan fingerprint density at radius 1 is 0.635 bits per heavy atom. The molecule has 63 heavy (non-hydrogen) atoms. The molecule has 0 saturated carbocycles. The van der Waals surface area contributed by atoms with Crippen LogP contribution in [0.3, 0.4) is 0 Å². The van der Waals surface area contributed by atoms with E-state index in [1.54, 1.807) is 0 Å². The number of fused-ring (bicyclic) bond motifs is 6. The third kappa shape index (κ3) is 6.97. The molecule has 0 amide bonds. The number of imidazole rings is 1. The number of benzene rings is 4. The van der Waals surface area contributed by atoms with Gasteiger partial charge in [0.25, 0.3) is 0 Å². The van der Waals surface area contributed by atoms with Crippen molar-refractivity contribution in [2.24, 2.45) is 6.98 Å². The predicted octanol–water partition coefficient (Wildman–Crippen LogP) is 13.7. The second-order valence-electron chi connectivity index (χ2n) is 22.8. The van der Waals surface area contributed by atoms with Crippen LogP contribution in [-0.2, 0) is 60.5 Å². The Bertz CT molecular complexity index is 3070. The maximum Gasteiger partial charge on any atom is 0.241 e. The molecule has 330 valence electrons. The number of hydrogen-bond acceptors (Lipinski definition) is 2. The molecule has 7 aromatic rings. The molecule has 0 spiro atoms. The zero-order chi connectivity index (χ0) is 46.4. The van der Waals surface area contributed by atoms with Crippen LogP contribution in [0.25, 0.3) is 44.4 Å². The van der Waals surface area contributed by atoms with Crippen LogP contribution in [0, 0.1) is 18.5 Å². The first-order valence-electron chi connectivity index (χ1n) is 24.3. The van der Waals surface area contributed by atoms with E-state index in [-0.39, 0.29) is 53.6 Å². The average Bonchev–Trinajstić information content (AvgIpc) is 3.82. The molecule has 0 atom stereocenters. The SMILES string of the molecule is [2H]C([2H])([2H])[n+]1[c-]n(-c2[c-]c(Oc3[c-]c4c(cc3)c3cc(-c5ccccc5)ccc3n4-c3cc4c(cn3)C(C)(C)CCC4(C)C)c3c(c2)C(C)(C)CCC3(C)C)c2c1C(C)(C)CCC2(C)C.[Pt]. The van der Waals surface area contributed by atoms with Crippen molar-refractivity contribution in [1.29, 1.82) is 0 Å². The van der Waals surface area contributed by atoms with Gasteiger partial charge in [-0.3, -0.25) is 0 Å². The van der Waals surface area contributed by atoms with Gasteiger partial charge in [0.1, 0.15) is 5.82 Å². The summed E-state index contributed by atoms with van der Waals surface area (Å²) >= 11 is 0. The van der Waals surface area contributed by atoms with E-state index in [2.05, 4.69) is 179 Å².